The van der Waals surface area contributed by atoms with Gasteiger partial charge in [0.25, 0.3) is 0 Å². The Labute approximate surface area is 106 Å². The van der Waals surface area contributed by atoms with Crippen LogP contribution in [0.3, 0.4) is 0 Å². The lowest BCUT2D eigenvalue weighted by Crippen LogP contribution is -2.12. The highest BCUT2D eigenvalue weighted by atomic mass is 19.1. The molecular formula is C15H15FN2. The maximum absolute atomic E-state index is 12.8. The lowest BCUT2D eigenvalue weighted by atomic mass is 10.0. The molecule has 1 aliphatic rings. The third kappa shape index (κ3) is 2.27. The number of nitrogens with zero attached hydrogens (tertiary/aromatic N) is 1. The maximum atomic E-state index is 12.8. The molecule has 3 heteroatoms. The van der Waals surface area contributed by atoms with Crippen molar-refractivity contribution >= 4 is 0 Å². The van der Waals surface area contributed by atoms with Crippen molar-refractivity contribution in [2.75, 3.05) is 6.54 Å². The zero-order chi connectivity index (χ0) is 12.4. The van der Waals surface area contributed by atoms with Crippen LogP contribution in [0.5, 0.6) is 0 Å². The quantitative estimate of drug-likeness (QED) is 0.817. The van der Waals surface area contributed by atoms with Crippen LogP contribution in [0.4, 0.5) is 4.39 Å². The number of halogens is 1. The lowest BCUT2D eigenvalue weighted by Gasteiger charge is -2.11. The van der Waals surface area contributed by atoms with Crippen LogP contribution in [0.2, 0.25) is 0 Å². The fourth-order valence-corrected chi connectivity index (χ4v) is 2.42. The third-order valence-corrected chi connectivity index (χ3v) is 3.43. The zero-order valence-electron chi connectivity index (χ0n) is 10.1. The van der Waals surface area contributed by atoms with Gasteiger partial charge in [0.15, 0.2) is 0 Å². The first-order valence-corrected chi connectivity index (χ1v) is 6.28. The fourth-order valence-electron chi connectivity index (χ4n) is 2.42. The molecule has 1 aromatic carbocycles. The van der Waals surface area contributed by atoms with Gasteiger partial charge in [0.05, 0.1) is 0 Å². The van der Waals surface area contributed by atoms with Crippen molar-refractivity contribution in [3.8, 4) is 11.1 Å². The minimum absolute atomic E-state index is 0.439. The fraction of sp³-hybridized carbons (Fsp3) is 0.267. The molecule has 2 nitrogen and oxygen atoms in total. The molecule has 2 heterocycles. The van der Waals surface area contributed by atoms with Crippen LogP contribution in [0.1, 0.15) is 24.4 Å². The van der Waals surface area contributed by atoms with Crippen LogP contribution < -0.4 is 5.32 Å². The van der Waals surface area contributed by atoms with Crippen LogP contribution in [-0.4, -0.2) is 11.5 Å². The van der Waals surface area contributed by atoms with Crippen LogP contribution in [-0.2, 0) is 0 Å². The van der Waals surface area contributed by atoms with Gasteiger partial charge in [-0.15, -0.1) is 0 Å². The van der Waals surface area contributed by atoms with Gasteiger partial charge in [-0.05, 0) is 42.6 Å². The van der Waals surface area contributed by atoms with Gasteiger partial charge in [-0.1, -0.05) is 24.3 Å². The van der Waals surface area contributed by atoms with Gasteiger partial charge < -0.3 is 5.32 Å². The Morgan fingerprint density at radius 1 is 1.06 bits per heavy atom. The van der Waals surface area contributed by atoms with E-state index in [1.54, 1.807) is 12.3 Å². The summed E-state index contributed by atoms with van der Waals surface area (Å²) in [5, 5.41) is 3.48. The van der Waals surface area contributed by atoms with E-state index < -0.39 is 5.95 Å². The van der Waals surface area contributed by atoms with E-state index in [1.807, 2.05) is 0 Å². The first kappa shape index (κ1) is 11.4. The van der Waals surface area contributed by atoms with Gasteiger partial charge >= 0.3 is 0 Å². The van der Waals surface area contributed by atoms with Gasteiger partial charge in [-0.25, -0.2) is 4.98 Å². The monoisotopic (exact) mass is 242 g/mol. The molecule has 0 saturated carbocycles. The van der Waals surface area contributed by atoms with Gasteiger partial charge in [0.1, 0.15) is 0 Å². The maximum Gasteiger partial charge on any atom is 0.212 e. The molecule has 1 fully saturated rings. The first-order valence-electron chi connectivity index (χ1n) is 6.28. The number of hydrogen-bond donors (Lipinski definition) is 1. The number of rotatable bonds is 2. The summed E-state index contributed by atoms with van der Waals surface area (Å²) in [5.41, 5.74) is 3.35. The summed E-state index contributed by atoms with van der Waals surface area (Å²) in [6, 6.07) is 12.1. The summed E-state index contributed by atoms with van der Waals surface area (Å²) in [7, 11) is 0. The van der Waals surface area contributed by atoms with Crippen LogP contribution in [0, 0.1) is 5.95 Å². The van der Waals surface area contributed by atoms with Crippen molar-refractivity contribution in [3.63, 3.8) is 0 Å². The highest BCUT2D eigenvalue weighted by molar-refractivity contribution is 5.62. The second-order valence-corrected chi connectivity index (χ2v) is 4.64. The second-order valence-electron chi connectivity index (χ2n) is 4.64. The third-order valence-electron chi connectivity index (χ3n) is 3.43. The summed E-state index contributed by atoms with van der Waals surface area (Å²) in [4.78, 5) is 3.68. The molecule has 92 valence electrons. The zero-order valence-corrected chi connectivity index (χ0v) is 10.1. The van der Waals surface area contributed by atoms with E-state index in [-0.39, 0.29) is 0 Å². The van der Waals surface area contributed by atoms with Crippen molar-refractivity contribution in [2.45, 2.75) is 18.9 Å². The Bertz CT molecular complexity index is 513. The molecule has 18 heavy (non-hydrogen) atoms. The molecule has 1 N–H and O–H groups in total. The lowest BCUT2D eigenvalue weighted by molar-refractivity contribution is 0.584. The molecular weight excluding hydrogens is 227 g/mol. The topological polar surface area (TPSA) is 24.9 Å². The molecule has 0 spiro atoms. The molecule has 0 aliphatic carbocycles. The van der Waals surface area contributed by atoms with E-state index in [4.69, 9.17) is 0 Å². The minimum Gasteiger partial charge on any atom is -0.310 e. The Balaban J connectivity index is 1.84. The van der Waals surface area contributed by atoms with Crippen LogP contribution >= 0.6 is 0 Å². The molecule has 0 bridgehead atoms. The highest BCUT2D eigenvalue weighted by Crippen LogP contribution is 2.25. The Hall–Kier alpha value is -1.74. The predicted octanol–water partition coefficient (Wildman–Crippen LogP) is 3.31. The standard InChI is InChI=1S/C15H15FN2/c16-15-8-7-13(10-18-15)11-3-5-12(6-4-11)14-2-1-9-17-14/h3-8,10,14,17H,1-2,9H2. The van der Waals surface area contributed by atoms with E-state index in [9.17, 15) is 4.39 Å². The molecule has 0 amide bonds. The summed E-state index contributed by atoms with van der Waals surface area (Å²) in [5.74, 6) is -0.439. The van der Waals surface area contributed by atoms with E-state index >= 15 is 0 Å². The summed E-state index contributed by atoms with van der Waals surface area (Å²) in [6.45, 7) is 1.11. The van der Waals surface area contributed by atoms with Crippen molar-refractivity contribution < 1.29 is 4.39 Å². The Morgan fingerprint density at radius 2 is 1.83 bits per heavy atom. The molecule has 1 aliphatic heterocycles. The smallest absolute Gasteiger partial charge is 0.212 e. The van der Waals surface area contributed by atoms with Crippen LogP contribution in [0.25, 0.3) is 11.1 Å². The molecule has 3 rings (SSSR count). The average Bonchev–Trinajstić information content (AvgIpc) is 2.94. The molecule has 1 atom stereocenters. The van der Waals surface area contributed by atoms with E-state index in [0.717, 1.165) is 17.7 Å². The number of nitrogens with one attached hydrogen (secondary N) is 1. The first-order chi connectivity index (χ1) is 8.83. The number of aromatic nitrogens is 1. The summed E-state index contributed by atoms with van der Waals surface area (Å²) >= 11 is 0. The summed E-state index contributed by atoms with van der Waals surface area (Å²) < 4.78 is 12.8. The van der Waals surface area contributed by atoms with E-state index in [0.29, 0.717) is 6.04 Å². The van der Waals surface area contributed by atoms with E-state index in [2.05, 4.69) is 34.6 Å². The predicted molar refractivity (Wildman–Crippen MR) is 69.6 cm³/mol. The van der Waals surface area contributed by atoms with Crippen molar-refractivity contribution in [2.24, 2.45) is 0 Å². The van der Waals surface area contributed by atoms with Crippen molar-refractivity contribution in [3.05, 3.63) is 54.1 Å². The van der Waals surface area contributed by atoms with Gasteiger partial charge in [-0.2, -0.15) is 4.39 Å². The van der Waals surface area contributed by atoms with E-state index in [1.165, 1.54) is 24.5 Å². The Morgan fingerprint density at radius 3 is 2.44 bits per heavy atom. The molecule has 0 radical (unpaired) electrons. The number of pyridine rings is 1. The molecule has 1 unspecified atom stereocenters. The minimum atomic E-state index is -0.439. The van der Waals surface area contributed by atoms with Gasteiger partial charge in [0, 0.05) is 17.8 Å². The average molecular weight is 242 g/mol. The SMILES string of the molecule is Fc1ccc(-c2ccc(C3CCCN3)cc2)cn1. The van der Waals surface area contributed by atoms with Crippen molar-refractivity contribution in [1.82, 2.24) is 10.3 Å². The molecule has 2 aromatic rings. The summed E-state index contributed by atoms with van der Waals surface area (Å²) in [6.07, 6.45) is 4.02. The highest BCUT2D eigenvalue weighted by Gasteiger charge is 2.15. The normalized spacial score (nSPS) is 19.1. The van der Waals surface area contributed by atoms with Gasteiger partial charge in [0.2, 0.25) is 5.95 Å². The number of benzene rings is 1. The second kappa shape index (κ2) is 4.86. The number of hydrogen-bond acceptors (Lipinski definition) is 2. The van der Waals surface area contributed by atoms with Gasteiger partial charge in [-0.3, -0.25) is 0 Å². The van der Waals surface area contributed by atoms with Crippen LogP contribution in [0.15, 0.2) is 42.6 Å². The largest absolute Gasteiger partial charge is 0.310 e. The Kier molecular flexibility index (Phi) is 3.07. The molecule has 1 aromatic heterocycles. The molecule has 1 saturated heterocycles. The van der Waals surface area contributed by atoms with Crippen molar-refractivity contribution in [1.29, 1.82) is 0 Å².